The molecule has 0 radical (unpaired) electrons. The Morgan fingerprint density at radius 3 is 2.78 bits per heavy atom. The second-order valence-electron chi connectivity index (χ2n) is 6.75. The lowest BCUT2D eigenvalue weighted by atomic mass is 10.1. The van der Waals surface area contributed by atoms with Crippen LogP contribution in [-0.2, 0) is 9.47 Å². The fourth-order valence-corrected chi connectivity index (χ4v) is 3.18. The summed E-state index contributed by atoms with van der Waals surface area (Å²) in [5, 5.41) is 7.45. The Labute approximate surface area is 157 Å². The molecule has 2 aromatic heterocycles. The van der Waals surface area contributed by atoms with Crippen LogP contribution in [0.3, 0.4) is 0 Å². The molecule has 0 bridgehead atoms. The van der Waals surface area contributed by atoms with Gasteiger partial charge in [0.1, 0.15) is 11.4 Å². The fourth-order valence-electron chi connectivity index (χ4n) is 3.18. The van der Waals surface area contributed by atoms with E-state index in [1.165, 1.54) is 6.20 Å². The van der Waals surface area contributed by atoms with E-state index in [0.717, 1.165) is 12.8 Å². The Morgan fingerprint density at radius 1 is 1.41 bits per heavy atom. The van der Waals surface area contributed by atoms with Gasteiger partial charge in [-0.3, -0.25) is 4.68 Å². The van der Waals surface area contributed by atoms with Crippen LogP contribution in [-0.4, -0.2) is 46.6 Å². The maximum absolute atomic E-state index is 14.9. The highest BCUT2D eigenvalue weighted by molar-refractivity contribution is 5.96. The number of hydrogen-bond acceptors (Lipinski definition) is 6. The zero-order valence-corrected chi connectivity index (χ0v) is 15.9. The lowest BCUT2D eigenvalue weighted by molar-refractivity contribution is 0.0526. The lowest BCUT2D eigenvalue weighted by Crippen LogP contribution is -2.22. The van der Waals surface area contributed by atoms with Crippen LogP contribution in [0.15, 0.2) is 18.3 Å². The maximum Gasteiger partial charge on any atom is 0.341 e. The number of hydrogen-bond donors (Lipinski definition) is 1. The summed E-state index contributed by atoms with van der Waals surface area (Å²) in [7, 11) is 0. The molecule has 0 amide bonds. The number of halogens is 1. The van der Waals surface area contributed by atoms with Crippen molar-refractivity contribution < 1.29 is 18.7 Å². The summed E-state index contributed by atoms with van der Waals surface area (Å²) in [6, 6.07) is 3.49. The minimum absolute atomic E-state index is 0.0322. The van der Waals surface area contributed by atoms with Crippen LogP contribution >= 0.6 is 0 Å². The van der Waals surface area contributed by atoms with Crippen molar-refractivity contribution in [2.24, 2.45) is 0 Å². The average molecular weight is 376 g/mol. The van der Waals surface area contributed by atoms with E-state index in [1.54, 1.807) is 23.7 Å². The lowest BCUT2D eigenvalue weighted by Gasteiger charge is -2.24. The first-order valence-electron chi connectivity index (χ1n) is 9.27. The highest BCUT2D eigenvalue weighted by Crippen LogP contribution is 2.32. The van der Waals surface area contributed by atoms with Gasteiger partial charge >= 0.3 is 5.97 Å². The molecule has 27 heavy (non-hydrogen) atoms. The number of aromatic nitrogens is 3. The first-order chi connectivity index (χ1) is 13.0. The zero-order chi connectivity index (χ0) is 19.4. The van der Waals surface area contributed by atoms with Crippen molar-refractivity contribution in [3.8, 4) is 11.3 Å². The minimum atomic E-state index is -0.653. The molecule has 3 rings (SSSR count). The van der Waals surface area contributed by atoms with E-state index in [9.17, 15) is 9.18 Å². The minimum Gasteiger partial charge on any atom is -0.462 e. The fraction of sp³-hybridized carbons (Fsp3) is 0.526. The summed E-state index contributed by atoms with van der Waals surface area (Å²) in [5.41, 5.74) is 0.881. The second kappa shape index (κ2) is 8.47. The second-order valence-corrected chi connectivity index (χ2v) is 6.75. The van der Waals surface area contributed by atoms with Crippen molar-refractivity contribution in [3.05, 3.63) is 29.8 Å². The van der Waals surface area contributed by atoms with E-state index in [1.807, 2.05) is 13.8 Å². The number of carbonyl (C=O) groups excluding carboxylic acids is 1. The molecule has 3 heterocycles. The molecule has 1 N–H and O–H groups in total. The standard InChI is InChI=1S/C19H25FN4O3/c1-4-27-19(25)15-11-21-24(13-7-9-26-10-8-13)17(15)14-5-6-16(22-12(2)3)23-18(14)20/h5-6,11-13H,4,7-10H2,1-3H3,(H,22,23). The van der Waals surface area contributed by atoms with Gasteiger partial charge in [-0.25, -0.2) is 9.78 Å². The Balaban J connectivity index is 2.05. The Kier molecular flexibility index (Phi) is 6.05. The van der Waals surface area contributed by atoms with Gasteiger partial charge in [0.05, 0.1) is 30.1 Å². The van der Waals surface area contributed by atoms with Crippen LogP contribution < -0.4 is 5.32 Å². The van der Waals surface area contributed by atoms with E-state index in [0.29, 0.717) is 24.7 Å². The van der Waals surface area contributed by atoms with Crippen molar-refractivity contribution >= 4 is 11.8 Å². The number of carbonyl (C=O) groups is 1. The monoisotopic (exact) mass is 376 g/mol. The summed E-state index contributed by atoms with van der Waals surface area (Å²) in [6.45, 7) is 7.08. The molecule has 2 aromatic rings. The molecule has 0 atom stereocenters. The molecule has 1 aliphatic heterocycles. The normalized spacial score (nSPS) is 15.1. The summed E-state index contributed by atoms with van der Waals surface area (Å²) in [4.78, 5) is 16.4. The van der Waals surface area contributed by atoms with Gasteiger partial charge in [0.2, 0.25) is 5.95 Å². The van der Waals surface area contributed by atoms with Crippen LogP contribution in [0, 0.1) is 5.95 Å². The van der Waals surface area contributed by atoms with Gasteiger partial charge < -0.3 is 14.8 Å². The maximum atomic E-state index is 14.9. The van der Waals surface area contributed by atoms with Gasteiger partial charge in [-0.1, -0.05) is 0 Å². The van der Waals surface area contributed by atoms with Crippen molar-refractivity contribution in [1.82, 2.24) is 14.8 Å². The molecule has 1 fully saturated rings. The van der Waals surface area contributed by atoms with E-state index in [4.69, 9.17) is 9.47 Å². The number of nitrogens with one attached hydrogen (secondary N) is 1. The Hall–Kier alpha value is -2.48. The number of ether oxygens (including phenoxy) is 2. The van der Waals surface area contributed by atoms with Crippen molar-refractivity contribution in [2.45, 2.75) is 45.7 Å². The third-order valence-electron chi connectivity index (χ3n) is 4.37. The van der Waals surface area contributed by atoms with E-state index in [2.05, 4.69) is 15.4 Å². The predicted octanol–water partition coefficient (Wildman–Crippen LogP) is 3.43. The van der Waals surface area contributed by atoms with Gasteiger partial charge in [0.25, 0.3) is 0 Å². The molecule has 7 nitrogen and oxygen atoms in total. The Morgan fingerprint density at radius 2 is 2.15 bits per heavy atom. The summed E-state index contributed by atoms with van der Waals surface area (Å²) in [5.74, 6) is -0.726. The number of nitrogens with zero attached hydrogens (tertiary/aromatic N) is 3. The molecule has 1 saturated heterocycles. The largest absolute Gasteiger partial charge is 0.462 e. The van der Waals surface area contributed by atoms with Gasteiger partial charge in [-0.05, 0) is 45.7 Å². The van der Waals surface area contributed by atoms with Crippen LogP contribution in [0.25, 0.3) is 11.3 Å². The molecule has 0 aromatic carbocycles. The van der Waals surface area contributed by atoms with Gasteiger partial charge in [-0.15, -0.1) is 0 Å². The smallest absolute Gasteiger partial charge is 0.341 e. The molecule has 0 unspecified atom stereocenters. The van der Waals surface area contributed by atoms with Gasteiger partial charge in [0, 0.05) is 19.3 Å². The van der Waals surface area contributed by atoms with Crippen LogP contribution in [0.1, 0.15) is 50.0 Å². The highest BCUT2D eigenvalue weighted by atomic mass is 19.1. The van der Waals surface area contributed by atoms with E-state index >= 15 is 0 Å². The Bertz CT molecular complexity index is 800. The third-order valence-corrected chi connectivity index (χ3v) is 4.37. The van der Waals surface area contributed by atoms with Crippen molar-refractivity contribution in [1.29, 1.82) is 0 Å². The SMILES string of the molecule is CCOC(=O)c1cnn(C2CCOCC2)c1-c1ccc(NC(C)C)nc1F. The molecular weight excluding hydrogens is 351 g/mol. The van der Waals surface area contributed by atoms with E-state index < -0.39 is 11.9 Å². The molecule has 146 valence electrons. The van der Waals surface area contributed by atoms with Gasteiger partial charge in [-0.2, -0.15) is 9.49 Å². The summed E-state index contributed by atoms with van der Waals surface area (Å²) < 4.78 is 27.1. The number of pyridine rings is 1. The average Bonchev–Trinajstić information content (AvgIpc) is 3.07. The molecule has 1 aliphatic rings. The zero-order valence-electron chi connectivity index (χ0n) is 15.9. The van der Waals surface area contributed by atoms with Crippen molar-refractivity contribution in [2.75, 3.05) is 25.1 Å². The first-order valence-corrected chi connectivity index (χ1v) is 9.27. The van der Waals surface area contributed by atoms with Crippen LogP contribution in [0.4, 0.5) is 10.2 Å². The number of anilines is 1. The number of esters is 1. The molecule has 0 aliphatic carbocycles. The number of rotatable bonds is 6. The van der Waals surface area contributed by atoms with Crippen LogP contribution in [0.5, 0.6) is 0 Å². The summed E-state index contributed by atoms with van der Waals surface area (Å²) in [6.07, 6.45) is 2.94. The highest BCUT2D eigenvalue weighted by Gasteiger charge is 2.27. The summed E-state index contributed by atoms with van der Waals surface area (Å²) >= 11 is 0. The third kappa shape index (κ3) is 4.27. The molecule has 0 saturated carbocycles. The topological polar surface area (TPSA) is 78.3 Å². The quantitative estimate of drug-likeness (QED) is 0.615. The van der Waals surface area contributed by atoms with Crippen molar-refractivity contribution in [3.63, 3.8) is 0 Å². The predicted molar refractivity (Wildman–Crippen MR) is 99.2 cm³/mol. The van der Waals surface area contributed by atoms with E-state index in [-0.39, 0.29) is 29.8 Å². The first kappa shape index (κ1) is 19.3. The molecular formula is C19H25FN4O3. The molecule has 8 heteroatoms. The molecule has 0 spiro atoms. The van der Waals surface area contributed by atoms with Crippen LogP contribution in [0.2, 0.25) is 0 Å². The van der Waals surface area contributed by atoms with Gasteiger partial charge in [0.15, 0.2) is 0 Å².